The Balaban J connectivity index is 2.41. The summed E-state index contributed by atoms with van der Waals surface area (Å²) < 4.78 is 5.77. The van der Waals surface area contributed by atoms with Gasteiger partial charge in [0, 0.05) is 12.1 Å². The minimum atomic E-state index is -1.03. The van der Waals surface area contributed by atoms with Crippen LogP contribution >= 0.6 is 11.6 Å². The second kappa shape index (κ2) is 5.78. The summed E-state index contributed by atoms with van der Waals surface area (Å²) in [5, 5.41) is 1.42. The molecule has 0 N–H and O–H groups in total. The summed E-state index contributed by atoms with van der Waals surface area (Å²) in [5.41, 5.74) is 1.77. The normalized spacial score (nSPS) is 25.8. The second-order valence-electron chi connectivity index (χ2n) is 3.29. The van der Waals surface area contributed by atoms with Gasteiger partial charge in [0.05, 0.1) is 0 Å². The van der Waals surface area contributed by atoms with E-state index in [-0.39, 0.29) is 0 Å². The van der Waals surface area contributed by atoms with Crippen molar-refractivity contribution in [2.75, 3.05) is 6.61 Å². The Hall–Kier alpha value is 0.207. The Morgan fingerprint density at radius 1 is 1.58 bits per heavy atom. The fraction of sp³-hybridized carbons (Fsp3) is 0.778. The maximum Gasteiger partial charge on any atom is 0.205 e. The molecule has 1 heterocycles. The monoisotopic (exact) mass is 204 g/mol. The summed E-state index contributed by atoms with van der Waals surface area (Å²) in [4.78, 5) is 0. The number of hydrogen-bond acceptors (Lipinski definition) is 1. The molecule has 1 unspecified atom stereocenters. The molecule has 1 atom stereocenters. The van der Waals surface area contributed by atoms with Crippen LogP contribution < -0.4 is 0 Å². The Bertz CT molecular complexity index is 153. The second-order valence-corrected chi connectivity index (χ2v) is 6.14. The predicted molar refractivity (Wildman–Crippen MR) is 56.0 cm³/mol. The van der Waals surface area contributed by atoms with E-state index in [1.807, 2.05) is 0 Å². The molecule has 1 fully saturated rings. The largest absolute Gasteiger partial charge is 0.416 e. The van der Waals surface area contributed by atoms with Gasteiger partial charge in [-0.2, -0.15) is 0 Å². The highest BCUT2D eigenvalue weighted by atomic mass is 35.5. The van der Waals surface area contributed by atoms with E-state index in [2.05, 4.69) is 6.92 Å². The molecular formula is C9H17ClOSi. The van der Waals surface area contributed by atoms with E-state index in [1.165, 1.54) is 30.5 Å². The van der Waals surface area contributed by atoms with Crippen molar-refractivity contribution in [1.82, 2.24) is 0 Å². The quantitative estimate of drug-likeness (QED) is 0.643. The third-order valence-electron chi connectivity index (χ3n) is 2.27. The van der Waals surface area contributed by atoms with Gasteiger partial charge >= 0.3 is 0 Å². The van der Waals surface area contributed by atoms with E-state index >= 15 is 0 Å². The summed E-state index contributed by atoms with van der Waals surface area (Å²) in [6.07, 6.45) is 4.91. The molecule has 1 saturated heterocycles. The number of allylic oxidation sites excluding steroid dienone is 1. The van der Waals surface area contributed by atoms with Crippen LogP contribution in [0.3, 0.4) is 0 Å². The fourth-order valence-electron chi connectivity index (χ4n) is 1.61. The molecule has 1 aliphatic heterocycles. The Labute approximate surface area is 81.5 Å². The first kappa shape index (κ1) is 10.3. The lowest BCUT2D eigenvalue weighted by atomic mass is 10.3. The summed E-state index contributed by atoms with van der Waals surface area (Å²) in [5.74, 6) is 0. The van der Waals surface area contributed by atoms with Crippen molar-refractivity contribution in [3.8, 4) is 0 Å². The van der Waals surface area contributed by atoms with E-state index in [1.54, 1.807) is 5.54 Å². The van der Waals surface area contributed by atoms with Crippen LogP contribution in [0.5, 0.6) is 0 Å². The van der Waals surface area contributed by atoms with Gasteiger partial charge in [-0.25, -0.2) is 0 Å². The molecule has 0 bridgehead atoms. The van der Waals surface area contributed by atoms with Crippen LogP contribution in [0.2, 0.25) is 6.04 Å². The van der Waals surface area contributed by atoms with Crippen LogP contribution in [0.25, 0.3) is 0 Å². The van der Waals surface area contributed by atoms with E-state index in [4.69, 9.17) is 16.0 Å². The van der Waals surface area contributed by atoms with Gasteiger partial charge in [-0.3, -0.25) is 0 Å². The molecule has 1 aliphatic rings. The highest BCUT2D eigenvalue weighted by Gasteiger charge is 2.19. The molecule has 12 heavy (non-hydrogen) atoms. The number of hydrogen-bond donors (Lipinski definition) is 0. The van der Waals surface area contributed by atoms with Gasteiger partial charge in [0.2, 0.25) is 9.04 Å². The van der Waals surface area contributed by atoms with Crippen LogP contribution in [-0.2, 0) is 4.43 Å². The Kier molecular flexibility index (Phi) is 4.96. The van der Waals surface area contributed by atoms with Crippen molar-refractivity contribution in [2.45, 2.75) is 38.7 Å². The van der Waals surface area contributed by atoms with Gasteiger partial charge in [-0.1, -0.05) is 31.4 Å². The molecule has 0 aromatic heterocycles. The Morgan fingerprint density at radius 2 is 2.42 bits per heavy atom. The molecule has 0 radical (unpaired) electrons. The van der Waals surface area contributed by atoms with Crippen LogP contribution in [0.15, 0.2) is 10.7 Å². The van der Waals surface area contributed by atoms with Gasteiger partial charge in [-0.05, 0) is 24.1 Å². The third-order valence-corrected chi connectivity index (χ3v) is 5.62. The zero-order valence-electron chi connectivity index (χ0n) is 7.68. The van der Waals surface area contributed by atoms with Crippen molar-refractivity contribution in [2.24, 2.45) is 0 Å². The standard InChI is InChI=1S/C9H17ClOSi/c1-2-5-9(8-10)12-7-4-3-6-11-12/h8,12H,2-7H2,1H3/b9-8-. The number of halogens is 1. The lowest BCUT2D eigenvalue weighted by Crippen LogP contribution is -2.25. The molecule has 0 aliphatic carbocycles. The summed E-state index contributed by atoms with van der Waals surface area (Å²) in [6.45, 7) is 3.16. The van der Waals surface area contributed by atoms with Gasteiger partial charge < -0.3 is 4.43 Å². The van der Waals surface area contributed by atoms with Crippen molar-refractivity contribution in [1.29, 1.82) is 0 Å². The fourth-order valence-corrected chi connectivity index (χ4v) is 4.75. The van der Waals surface area contributed by atoms with E-state index in [0.717, 1.165) is 13.0 Å². The maximum absolute atomic E-state index is 5.77. The zero-order chi connectivity index (χ0) is 8.81. The summed E-state index contributed by atoms with van der Waals surface area (Å²) in [6, 6.07) is 1.29. The average molecular weight is 205 g/mol. The topological polar surface area (TPSA) is 9.23 Å². The van der Waals surface area contributed by atoms with Gasteiger partial charge in [-0.15, -0.1) is 0 Å². The molecule has 1 rings (SSSR count). The molecular weight excluding hydrogens is 188 g/mol. The Morgan fingerprint density at radius 3 is 2.92 bits per heavy atom. The van der Waals surface area contributed by atoms with Gasteiger partial charge in [0.15, 0.2) is 0 Å². The van der Waals surface area contributed by atoms with Crippen molar-refractivity contribution >= 4 is 20.6 Å². The van der Waals surface area contributed by atoms with E-state index in [0.29, 0.717) is 0 Å². The van der Waals surface area contributed by atoms with Crippen LogP contribution in [0.4, 0.5) is 0 Å². The smallest absolute Gasteiger partial charge is 0.205 e. The highest BCUT2D eigenvalue weighted by molar-refractivity contribution is 6.61. The lowest BCUT2D eigenvalue weighted by molar-refractivity contribution is 0.291. The van der Waals surface area contributed by atoms with Crippen LogP contribution in [0.1, 0.15) is 32.6 Å². The molecule has 1 nitrogen and oxygen atoms in total. The molecule has 3 heteroatoms. The molecule has 0 amide bonds. The molecule has 0 aromatic rings. The van der Waals surface area contributed by atoms with E-state index < -0.39 is 9.04 Å². The SMILES string of the molecule is CCC/C(=C/Cl)[SiH]1CCCCO1. The third kappa shape index (κ3) is 2.92. The predicted octanol–water partition coefficient (Wildman–Crippen LogP) is 2.98. The lowest BCUT2D eigenvalue weighted by Gasteiger charge is -2.22. The van der Waals surface area contributed by atoms with Crippen molar-refractivity contribution in [3.63, 3.8) is 0 Å². The van der Waals surface area contributed by atoms with Crippen LogP contribution in [0, 0.1) is 0 Å². The number of rotatable bonds is 3. The van der Waals surface area contributed by atoms with Gasteiger partial charge in [0.1, 0.15) is 0 Å². The van der Waals surface area contributed by atoms with Crippen molar-refractivity contribution in [3.05, 3.63) is 10.7 Å². The molecule has 70 valence electrons. The molecule has 0 aromatic carbocycles. The first-order chi connectivity index (χ1) is 5.88. The van der Waals surface area contributed by atoms with Gasteiger partial charge in [0.25, 0.3) is 0 Å². The molecule has 0 saturated carbocycles. The summed E-state index contributed by atoms with van der Waals surface area (Å²) in [7, 11) is -1.03. The van der Waals surface area contributed by atoms with E-state index in [9.17, 15) is 0 Å². The first-order valence-corrected chi connectivity index (χ1v) is 7.09. The minimum absolute atomic E-state index is 0.967. The maximum atomic E-state index is 5.77. The molecule has 0 spiro atoms. The van der Waals surface area contributed by atoms with Crippen LogP contribution in [-0.4, -0.2) is 15.6 Å². The summed E-state index contributed by atoms with van der Waals surface area (Å²) >= 11 is 5.77. The average Bonchev–Trinajstić information content (AvgIpc) is 2.15. The van der Waals surface area contributed by atoms with Crippen molar-refractivity contribution < 1.29 is 4.43 Å². The minimum Gasteiger partial charge on any atom is -0.416 e. The highest BCUT2D eigenvalue weighted by Crippen LogP contribution is 2.20. The first-order valence-electron chi connectivity index (χ1n) is 4.79. The zero-order valence-corrected chi connectivity index (χ0v) is 9.59.